The molecule has 0 saturated carbocycles. The van der Waals surface area contributed by atoms with Crippen LogP contribution < -0.4 is 5.73 Å². The molecule has 0 atom stereocenters. The normalized spacial score (nSPS) is 22.3. The highest BCUT2D eigenvalue weighted by Gasteiger charge is 2.33. The summed E-state index contributed by atoms with van der Waals surface area (Å²) in [6.07, 6.45) is 4.24. The van der Waals surface area contributed by atoms with E-state index >= 15 is 0 Å². The van der Waals surface area contributed by atoms with Crippen LogP contribution in [0.5, 0.6) is 0 Å². The maximum Gasteiger partial charge on any atom is 0.250 e. The molecule has 0 saturated heterocycles. The molecular formula is C6H9NO2. The van der Waals surface area contributed by atoms with Crippen LogP contribution in [0.25, 0.3) is 0 Å². The molecule has 1 aliphatic rings. The molecule has 0 bridgehead atoms. The molecule has 3 heteroatoms. The van der Waals surface area contributed by atoms with Crippen molar-refractivity contribution in [2.75, 3.05) is 0 Å². The van der Waals surface area contributed by atoms with Gasteiger partial charge in [-0.3, -0.25) is 4.79 Å². The summed E-state index contributed by atoms with van der Waals surface area (Å²) in [5, 5.41) is 9.23. The minimum Gasteiger partial charge on any atom is -0.379 e. The lowest BCUT2D eigenvalue weighted by Gasteiger charge is -2.16. The molecule has 0 unspecified atom stereocenters. The largest absolute Gasteiger partial charge is 0.379 e. The van der Waals surface area contributed by atoms with Gasteiger partial charge in [-0.05, 0) is 0 Å². The summed E-state index contributed by atoms with van der Waals surface area (Å²) in [6, 6.07) is 0. The molecule has 50 valence electrons. The monoisotopic (exact) mass is 127 g/mol. The van der Waals surface area contributed by atoms with Crippen LogP contribution in [0.3, 0.4) is 0 Å². The molecule has 3 nitrogen and oxygen atoms in total. The van der Waals surface area contributed by atoms with Crippen LogP contribution in [0.2, 0.25) is 0 Å². The van der Waals surface area contributed by atoms with Crippen molar-refractivity contribution >= 4 is 5.91 Å². The van der Waals surface area contributed by atoms with Gasteiger partial charge in [0.2, 0.25) is 5.91 Å². The number of hydrogen-bond acceptors (Lipinski definition) is 2. The van der Waals surface area contributed by atoms with Crippen LogP contribution in [0, 0.1) is 0 Å². The van der Waals surface area contributed by atoms with E-state index in [2.05, 4.69) is 0 Å². The van der Waals surface area contributed by atoms with Crippen LogP contribution in [-0.4, -0.2) is 16.6 Å². The van der Waals surface area contributed by atoms with Gasteiger partial charge in [0, 0.05) is 12.8 Å². The maximum absolute atomic E-state index is 10.5. The van der Waals surface area contributed by atoms with Crippen molar-refractivity contribution in [1.82, 2.24) is 0 Å². The third-order valence-corrected chi connectivity index (χ3v) is 1.54. The number of rotatable bonds is 1. The van der Waals surface area contributed by atoms with Gasteiger partial charge < -0.3 is 10.8 Å². The quantitative estimate of drug-likeness (QED) is 0.469. The SMILES string of the molecule is NC(=O)C1(O)CC=CC1. The van der Waals surface area contributed by atoms with Gasteiger partial charge in [-0.25, -0.2) is 0 Å². The van der Waals surface area contributed by atoms with E-state index in [0.29, 0.717) is 12.8 Å². The third kappa shape index (κ3) is 0.954. The summed E-state index contributed by atoms with van der Waals surface area (Å²) < 4.78 is 0. The number of carbonyl (C=O) groups is 1. The van der Waals surface area contributed by atoms with Crippen molar-refractivity contribution in [1.29, 1.82) is 0 Å². The second-order valence-electron chi connectivity index (χ2n) is 2.28. The molecule has 0 radical (unpaired) electrons. The van der Waals surface area contributed by atoms with Crippen molar-refractivity contribution in [3.8, 4) is 0 Å². The van der Waals surface area contributed by atoms with Crippen LogP contribution in [-0.2, 0) is 4.79 Å². The van der Waals surface area contributed by atoms with E-state index in [4.69, 9.17) is 5.73 Å². The van der Waals surface area contributed by atoms with Gasteiger partial charge in [0.1, 0.15) is 5.60 Å². The average molecular weight is 127 g/mol. The minimum absolute atomic E-state index is 0.363. The average Bonchev–Trinajstić information content (AvgIpc) is 2.16. The lowest BCUT2D eigenvalue weighted by atomic mass is 10.0. The topological polar surface area (TPSA) is 63.3 Å². The van der Waals surface area contributed by atoms with Gasteiger partial charge in [0.25, 0.3) is 0 Å². The molecule has 1 aliphatic carbocycles. The summed E-state index contributed by atoms with van der Waals surface area (Å²) >= 11 is 0. The van der Waals surface area contributed by atoms with Gasteiger partial charge >= 0.3 is 0 Å². The zero-order valence-corrected chi connectivity index (χ0v) is 5.00. The van der Waals surface area contributed by atoms with Gasteiger partial charge in [-0.15, -0.1) is 0 Å². The zero-order chi connectivity index (χ0) is 6.91. The fourth-order valence-corrected chi connectivity index (χ4v) is 0.841. The van der Waals surface area contributed by atoms with Crippen molar-refractivity contribution in [2.24, 2.45) is 5.73 Å². The summed E-state index contributed by atoms with van der Waals surface area (Å²) in [6.45, 7) is 0. The third-order valence-electron chi connectivity index (χ3n) is 1.54. The Hall–Kier alpha value is -0.830. The molecule has 0 spiro atoms. The number of primary amides is 1. The Bertz CT molecular complexity index is 154. The van der Waals surface area contributed by atoms with Crippen molar-refractivity contribution < 1.29 is 9.90 Å². The summed E-state index contributed by atoms with van der Waals surface area (Å²) in [4.78, 5) is 10.5. The standard InChI is InChI=1S/C6H9NO2/c7-5(8)6(9)3-1-2-4-6/h1-2,9H,3-4H2,(H2,7,8). The molecule has 0 aromatic rings. The van der Waals surface area contributed by atoms with Crippen LogP contribution in [0.4, 0.5) is 0 Å². The van der Waals surface area contributed by atoms with Crippen LogP contribution in [0.1, 0.15) is 12.8 Å². The fourth-order valence-electron chi connectivity index (χ4n) is 0.841. The Kier molecular flexibility index (Phi) is 1.29. The molecule has 1 amide bonds. The molecule has 0 aliphatic heterocycles. The smallest absolute Gasteiger partial charge is 0.250 e. The Morgan fingerprint density at radius 3 is 2.22 bits per heavy atom. The predicted octanol–water partition coefficient (Wildman–Crippen LogP) is -0.447. The number of nitrogens with two attached hydrogens (primary N) is 1. The first-order valence-corrected chi connectivity index (χ1v) is 2.82. The number of carbonyl (C=O) groups excluding carboxylic acids is 1. The first kappa shape index (κ1) is 6.29. The molecule has 0 fully saturated rings. The minimum atomic E-state index is -1.28. The van der Waals surface area contributed by atoms with E-state index in [1.807, 2.05) is 0 Å². The van der Waals surface area contributed by atoms with E-state index in [9.17, 15) is 9.90 Å². The molecular weight excluding hydrogens is 118 g/mol. The van der Waals surface area contributed by atoms with Crippen LogP contribution >= 0.6 is 0 Å². The Labute approximate surface area is 53.2 Å². The highest BCUT2D eigenvalue weighted by atomic mass is 16.3. The maximum atomic E-state index is 10.5. The second kappa shape index (κ2) is 1.84. The number of hydrogen-bond donors (Lipinski definition) is 2. The second-order valence-corrected chi connectivity index (χ2v) is 2.28. The van der Waals surface area contributed by atoms with Crippen molar-refractivity contribution in [3.05, 3.63) is 12.2 Å². The van der Waals surface area contributed by atoms with Gasteiger partial charge in [-0.1, -0.05) is 12.2 Å². The van der Waals surface area contributed by atoms with E-state index in [1.165, 1.54) is 0 Å². The lowest BCUT2D eigenvalue weighted by molar-refractivity contribution is -0.135. The highest BCUT2D eigenvalue weighted by molar-refractivity contribution is 5.84. The Morgan fingerprint density at radius 1 is 1.56 bits per heavy atom. The van der Waals surface area contributed by atoms with E-state index < -0.39 is 11.5 Å². The van der Waals surface area contributed by atoms with Crippen molar-refractivity contribution in [3.63, 3.8) is 0 Å². The summed E-state index contributed by atoms with van der Waals surface area (Å²) in [5.41, 5.74) is 3.63. The van der Waals surface area contributed by atoms with Gasteiger partial charge in [0.15, 0.2) is 0 Å². The highest BCUT2D eigenvalue weighted by Crippen LogP contribution is 2.22. The first-order valence-electron chi connectivity index (χ1n) is 2.82. The molecule has 3 N–H and O–H groups in total. The van der Waals surface area contributed by atoms with Gasteiger partial charge in [-0.2, -0.15) is 0 Å². The molecule has 0 aromatic heterocycles. The van der Waals surface area contributed by atoms with Crippen LogP contribution in [0.15, 0.2) is 12.2 Å². The zero-order valence-electron chi connectivity index (χ0n) is 5.00. The molecule has 0 heterocycles. The molecule has 9 heavy (non-hydrogen) atoms. The molecule has 0 aromatic carbocycles. The first-order chi connectivity index (χ1) is 4.15. The number of aliphatic hydroxyl groups is 1. The molecule has 1 rings (SSSR count). The van der Waals surface area contributed by atoms with Gasteiger partial charge in [0.05, 0.1) is 0 Å². The fraction of sp³-hybridized carbons (Fsp3) is 0.500. The summed E-state index contributed by atoms with van der Waals surface area (Å²) in [5.74, 6) is -0.632. The van der Waals surface area contributed by atoms with E-state index in [0.717, 1.165) is 0 Å². The number of amides is 1. The lowest BCUT2D eigenvalue weighted by Crippen LogP contribution is -2.41. The van der Waals surface area contributed by atoms with E-state index in [-0.39, 0.29) is 0 Å². The Morgan fingerprint density at radius 2 is 2.00 bits per heavy atom. The predicted molar refractivity (Wildman–Crippen MR) is 32.5 cm³/mol. The summed E-state index contributed by atoms with van der Waals surface area (Å²) in [7, 11) is 0. The van der Waals surface area contributed by atoms with E-state index in [1.54, 1.807) is 12.2 Å². The van der Waals surface area contributed by atoms with Crippen molar-refractivity contribution in [2.45, 2.75) is 18.4 Å². The Balaban J connectivity index is 2.66.